The van der Waals surface area contributed by atoms with E-state index in [4.69, 9.17) is 14.6 Å². The molecule has 4 N–H and O–H groups in total. The summed E-state index contributed by atoms with van der Waals surface area (Å²) in [6.45, 7) is 0.309. The Morgan fingerprint density at radius 3 is 2.19 bits per heavy atom. The molecule has 10 heteroatoms. The molecule has 0 radical (unpaired) electrons. The van der Waals surface area contributed by atoms with Gasteiger partial charge in [-0.3, -0.25) is 9.59 Å². The highest BCUT2D eigenvalue weighted by Gasteiger charge is 2.32. The topological polar surface area (TPSA) is 142 Å². The normalized spacial score (nSPS) is 18.4. The highest BCUT2D eigenvalue weighted by atomic mass is 32.2. The lowest BCUT2D eigenvalue weighted by atomic mass is 10.0. The van der Waals surface area contributed by atoms with Crippen LogP contribution in [-0.4, -0.2) is 45.0 Å². The molecule has 3 aromatic rings. The third kappa shape index (κ3) is 9.15. The summed E-state index contributed by atoms with van der Waals surface area (Å²) < 4.78 is 12.7. The van der Waals surface area contributed by atoms with Crippen molar-refractivity contribution in [2.75, 3.05) is 5.75 Å². The highest BCUT2D eigenvalue weighted by Crippen LogP contribution is 2.39. The molecule has 1 heterocycles. The summed E-state index contributed by atoms with van der Waals surface area (Å²) in [7, 11) is 0. The van der Waals surface area contributed by atoms with E-state index < -0.39 is 18.2 Å². The monoisotopic (exact) mass is 593 g/mol. The van der Waals surface area contributed by atoms with Crippen molar-refractivity contribution >= 4 is 29.6 Å². The Hall–Kier alpha value is -3.70. The molecule has 1 aliphatic rings. The van der Waals surface area contributed by atoms with E-state index in [0.29, 0.717) is 36.5 Å². The maximum atomic E-state index is 12.1. The molecule has 0 aromatic heterocycles. The zero-order valence-corrected chi connectivity index (χ0v) is 23.9. The summed E-state index contributed by atoms with van der Waals surface area (Å²) in [6, 6.07) is 22.1. The molecule has 0 saturated carbocycles. The fourth-order valence-electron chi connectivity index (χ4n) is 4.62. The van der Waals surface area contributed by atoms with Crippen molar-refractivity contribution in [3.05, 3.63) is 101 Å². The third-order valence-electron chi connectivity index (χ3n) is 6.94. The number of carboxylic acids is 2. The van der Waals surface area contributed by atoms with E-state index >= 15 is 0 Å². The van der Waals surface area contributed by atoms with Crippen molar-refractivity contribution in [3.63, 3.8) is 0 Å². The number of ether oxygens (including phenoxy) is 2. The first-order valence-corrected chi connectivity index (χ1v) is 14.8. The van der Waals surface area contributed by atoms with Crippen molar-refractivity contribution in [2.45, 2.75) is 68.6 Å². The van der Waals surface area contributed by atoms with E-state index in [0.717, 1.165) is 22.3 Å². The molecule has 1 saturated heterocycles. The van der Waals surface area contributed by atoms with Gasteiger partial charge in [0.2, 0.25) is 5.91 Å². The highest BCUT2D eigenvalue weighted by molar-refractivity contribution is 7.99. The van der Waals surface area contributed by atoms with Gasteiger partial charge in [0, 0.05) is 42.0 Å². The quantitative estimate of drug-likeness (QED) is 0.141. The minimum absolute atomic E-state index is 0.0443. The van der Waals surface area contributed by atoms with Crippen LogP contribution < -0.4 is 5.32 Å². The van der Waals surface area contributed by atoms with E-state index in [1.807, 2.05) is 54.6 Å². The van der Waals surface area contributed by atoms with Crippen LogP contribution in [0, 0.1) is 0 Å². The van der Waals surface area contributed by atoms with Gasteiger partial charge >= 0.3 is 11.9 Å². The molecule has 1 amide bonds. The Morgan fingerprint density at radius 2 is 1.50 bits per heavy atom. The molecule has 0 aliphatic carbocycles. The summed E-state index contributed by atoms with van der Waals surface area (Å²) in [6.07, 6.45) is 0.772. The van der Waals surface area contributed by atoms with Crippen LogP contribution >= 0.6 is 11.8 Å². The molecule has 9 nitrogen and oxygen atoms in total. The first-order chi connectivity index (χ1) is 20.3. The van der Waals surface area contributed by atoms with Crippen molar-refractivity contribution in [3.8, 4) is 0 Å². The fourth-order valence-corrected chi connectivity index (χ4v) is 5.68. The Balaban J connectivity index is 1.41. The predicted molar refractivity (Wildman–Crippen MR) is 157 cm³/mol. The van der Waals surface area contributed by atoms with E-state index in [-0.39, 0.29) is 43.1 Å². The standard InChI is InChI=1S/C32H35NO8S/c34-19-22-11-13-23(14-12-22)27-17-25(20-42-28-6-2-1-5-26(28)31(38)39)40-32(41-27)24-15-9-21(10-16-24)18-33-29(35)7-3-4-8-30(36)37/h1-2,5-6,9-16,25,27,32,34H,3-4,7-8,17-20H2,(H,33,35)(H,36,37)(H,38,39)/t25-,27+,32+/m1/s1. The van der Waals surface area contributed by atoms with E-state index in [1.54, 1.807) is 18.2 Å². The number of rotatable bonds is 14. The SMILES string of the molecule is O=C(O)CCCCC(=O)NCc1ccc([C@H]2O[C@@H](CSc3ccccc3C(=O)O)C[C@@H](c3ccc(CO)cc3)O2)cc1. The fraction of sp³-hybridized carbons (Fsp3) is 0.344. The van der Waals surface area contributed by atoms with Crippen molar-refractivity contribution < 1.29 is 39.2 Å². The van der Waals surface area contributed by atoms with Gasteiger partial charge < -0.3 is 30.1 Å². The molecular weight excluding hydrogens is 558 g/mol. The number of carbonyl (C=O) groups excluding carboxylic acids is 1. The number of carbonyl (C=O) groups is 3. The summed E-state index contributed by atoms with van der Waals surface area (Å²) in [5.74, 6) is -1.42. The second-order valence-electron chi connectivity index (χ2n) is 10.1. The minimum atomic E-state index is -0.972. The van der Waals surface area contributed by atoms with Gasteiger partial charge in [0.25, 0.3) is 0 Å². The van der Waals surface area contributed by atoms with Crippen LogP contribution in [0.2, 0.25) is 0 Å². The molecule has 1 fully saturated rings. The number of nitrogens with one attached hydrogen (secondary N) is 1. The number of hydrogen-bond acceptors (Lipinski definition) is 7. The zero-order chi connectivity index (χ0) is 29.9. The number of carboxylic acid groups (broad SMARTS) is 2. The number of hydrogen-bond donors (Lipinski definition) is 4. The van der Waals surface area contributed by atoms with Crippen LogP contribution in [-0.2, 0) is 32.2 Å². The van der Waals surface area contributed by atoms with Crippen LogP contribution in [0.15, 0.2) is 77.7 Å². The third-order valence-corrected chi connectivity index (χ3v) is 8.15. The molecule has 0 spiro atoms. The second kappa shape index (κ2) is 15.5. The van der Waals surface area contributed by atoms with E-state index in [2.05, 4.69) is 5.32 Å². The van der Waals surface area contributed by atoms with Crippen LogP contribution in [0.3, 0.4) is 0 Å². The zero-order valence-electron chi connectivity index (χ0n) is 23.1. The molecule has 0 bridgehead atoms. The molecule has 3 atom stereocenters. The number of amides is 1. The lowest BCUT2D eigenvalue weighted by molar-refractivity contribution is -0.245. The van der Waals surface area contributed by atoms with Gasteiger partial charge in [0.1, 0.15) is 0 Å². The Morgan fingerprint density at radius 1 is 0.833 bits per heavy atom. The number of thioether (sulfide) groups is 1. The van der Waals surface area contributed by atoms with Gasteiger partial charge in [-0.2, -0.15) is 0 Å². The number of aliphatic hydroxyl groups excluding tert-OH is 1. The molecule has 222 valence electrons. The number of benzene rings is 3. The van der Waals surface area contributed by atoms with Crippen LogP contribution in [0.25, 0.3) is 0 Å². The number of unbranched alkanes of at least 4 members (excludes halogenated alkanes) is 1. The van der Waals surface area contributed by atoms with Crippen molar-refractivity contribution in [2.24, 2.45) is 0 Å². The van der Waals surface area contributed by atoms with Gasteiger partial charge in [-0.15, -0.1) is 11.8 Å². The minimum Gasteiger partial charge on any atom is -0.481 e. The van der Waals surface area contributed by atoms with Crippen LogP contribution in [0.4, 0.5) is 0 Å². The smallest absolute Gasteiger partial charge is 0.336 e. The summed E-state index contributed by atoms with van der Waals surface area (Å²) in [5.41, 5.74) is 3.75. The number of aliphatic carboxylic acids is 1. The predicted octanol–water partition coefficient (Wildman–Crippen LogP) is 5.48. The lowest BCUT2D eigenvalue weighted by Crippen LogP contribution is -2.31. The molecule has 42 heavy (non-hydrogen) atoms. The van der Waals surface area contributed by atoms with Gasteiger partial charge in [-0.25, -0.2) is 4.79 Å². The first kappa shape index (κ1) is 31.2. The average molecular weight is 594 g/mol. The second-order valence-corrected chi connectivity index (χ2v) is 11.1. The molecule has 4 rings (SSSR count). The molecule has 0 unspecified atom stereocenters. The number of aromatic carboxylic acids is 1. The van der Waals surface area contributed by atoms with Gasteiger partial charge in [0.15, 0.2) is 6.29 Å². The molecule has 3 aromatic carbocycles. The maximum absolute atomic E-state index is 12.1. The van der Waals surface area contributed by atoms with E-state index in [1.165, 1.54) is 11.8 Å². The van der Waals surface area contributed by atoms with Crippen LogP contribution in [0.1, 0.15) is 77.1 Å². The Bertz CT molecular complexity index is 1350. The summed E-state index contributed by atoms with van der Waals surface area (Å²) in [5, 5.41) is 30.6. The maximum Gasteiger partial charge on any atom is 0.336 e. The van der Waals surface area contributed by atoms with Crippen LogP contribution in [0.5, 0.6) is 0 Å². The Labute approximate surface area is 248 Å². The number of aliphatic hydroxyl groups is 1. The Kier molecular flexibility index (Phi) is 11.5. The van der Waals surface area contributed by atoms with Crippen molar-refractivity contribution in [1.29, 1.82) is 0 Å². The van der Waals surface area contributed by atoms with Gasteiger partial charge in [0.05, 0.1) is 24.4 Å². The van der Waals surface area contributed by atoms with Gasteiger partial charge in [-0.1, -0.05) is 60.7 Å². The van der Waals surface area contributed by atoms with Gasteiger partial charge in [-0.05, 0) is 41.7 Å². The molecular formula is C32H35NO8S. The van der Waals surface area contributed by atoms with E-state index in [9.17, 15) is 24.6 Å². The summed E-state index contributed by atoms with van der Waals surface area (Å²) >= 11 is 1.44. The first-order valence-electron chi connectivity index (χ1n) is 13.9. The average Bonchev–Trinajstić information content (AvgIpc) is 3.01. The molecule has 1 aliphatic heterocycles. The van der Waals surface area contributed by atoms with Crippen molar-refractivity contribution in [1.82, 2.24) is 5.32 Å². The largest absolute Gasteiger partial charge is 0.481 e. The summed E-state index contributed by atoms with van der Waals surface area (Å²) in [4.78, 5) is 35.0. The lowest BCUT2D eigenvalue weighted by Gasteiger charge is -2.36.